The molecule has 178 valence electrons. The van der Waals surface area contributed by atoms with Crippen LogP contribution in [0.4, 0.5) is 5.69 Å². The van der Waals surface area contributed by atoms with Gasteiger partial charge in [-0.15, -0.1) is 0 Å². The zero-order valence-corrected chi connectivity index (χ0v) is 19.7. The van der Waals surface area contributed by atoms with Gasteiger partial charge in [0.1, 0.15) is 6.02 Å². The first-order valence-electron chi connectivity index (χ1n) is 12.7. The Bertz CT molecular complexity index is 1380. The van der Waals surface area contributed by atoms with Crippen LogP contribution in [0.3, 0.4) is 0 Å². The Kier molecular flexibility index (Phi) is 5.33. The highest BCUT2D eigenvalue weighted by Crippen LogP contribution is 2.41. The summed E-state index contributed by atoms with van der Waals surface area (Å²) in [6.45, 7) is 8.27. The lowest BCUT2D eigenvalue weighted by molar-refractivity contribution is -0.122. The summed E-state index contributed by atoms with van der Waals surface area (Å²) in [5.74, 6) is -0.799. The van der Waals surface area contributed by atoms with E-state index in [1.807, 2.05) is 24.3 Å². The summed E-state index contributed by atoms with van der Waals surface area (Å²) in [4.78, 5) is 30.1. The molecule has 1 atom stereocenters. The molecule has 0 aromatic heterocycles. The van der Waals surface area contributed by atoms with Crippen LogP contribution in [0.25, 0.3) is 10.8 Å². The number of benzene rings is 3. The standard InChI is InChI=1S/C29H29N3O3/c1-19-5-11-26(28(33)30-19)32-25-12-10-22(23-3-2-4-24(27(23)25)29(32)34)17-20-6-8-21(9-7-20)18-31-13-15-35-16-14-31/h2-4,6-10,12,26H,1,5,11,13-18H2,(H,30,33)/t26-/m0/s1/i26D. The maximum absolute atomic E-state index is 13.5. The van der Waals surface area contributed by atoms with Crippen molar-refractivity contribution in [2.75, 3.05) is 31.2 Å². The number of nitrogens with zero attached hydrogens (tertiary/aromatic N) is 2. The Balaban J connectivity index is 1.29. The minimum Gasteiger partial charge on any atom is -0.379 e. The van der Waals surface area contributed by atoms with Gasteiger partial charge in [-0.05, 0) is 53.5 Å². The van der Waals surface area contributed by atoms with Gasteiger partial charge < -0.3 is 10.1 Å². The first kappa shape index (κ1) is 20.9. The molecule has 6 nitrogen and oxygen atoms in total. The molecule has 3 aromatic carbocycles. The summed E-state index contributed by atoms with van der Waals surface area (Å²) in [5.41, 5.74) is 5.37. The maximum atomic E-state index is 13.5. The number of nitrogens with one attached hydrogen (secondary N) is 1. The van der Waals surface area contributed by atoms with Gasteiger partial charge in [0.25, 0.3) is 5.91 Å². The van der Waals surface area contributed by atoms with E-state index in [-0.39, 0.29) is 12.3 Å². The number of hydrogen-bond donors (Lipinski definition) is 1. The lowest BCUT2D eigenvalue weighted by atomic mass is 9.95. The molecule has 2 fully saturated rings. The number of morpholine rings is 1. The zero-order valence-electron chi connectivity index (χ0n) is 20.7. The number of ether oxygens (including phenoxy) is 1. The van der Waals surface area contributed by atoms with Crippen molar-refractivity contribution in [2.24, 2.45) is 0 Å². The molecule has 0 radical (unpaired) electrons. The van der Waals surface area contributed by atoms with Crippen molar-refractivity contribution in [2.45, 2.75) is 31.8 Å². The Morgan fingerprint density at radius 1 is 1.03 bits per heavy atom. The van der Waals surface area contributed by atoms with E-state index in [0.717, 1.165) is 55.6 Å². The van der Waals surface area contributed by atoms with Crippen molar-refractivity contribution < 1.29 is 15.7 Å². The van der Waals surface area contributed by atoms with Gasteiger partial charge in [-0.2, -0.15) is 0 Å². The third-order valence-electron chi connectivity index (χ3n) is 7.20. The van der Waals surface area contributed by atoms with Gasteiger partial charge in [-0.1, -0.05) is 49.0 Å². The average molecular weight is 469 g/mol. The molecule has 3 aromatic rings. The van der Waals surface area contributed by atoms with Crippen LogP contribution in [-0.4, -0.2) is 49.0 Å². The van der Waals surface area contributed by atoms with Gasteiger partial charge in [0.05, 0.1) is 20.3 Å². The van der Waals surface area contributed by atoms with Crippen LogP contribution in [0.5, 0.6) is 0 Å². The highest BCUT2D eigenvalue weighted by Gasteiger charge is 2.39. The number of piperidine rings is 1. The largest absolute Gasteiger partial charge is 0.379 e. The molecule has 0 saturated carbocycles. The number of allylic oxidation sites excluding steroid dienone is 1. The van der Waals surface area contributed by atoms with Crippen molar-refractivity contribution in [1.82, 2.24) is 10.2 Å². The fraction of sp³-hybridized carbons (Fsp3) is 0.310. The van der Waals surface area contributed by atoms with E-state index < -0.39 is 11.9 Å². The summed E-state index contributed by atoms with van der Waals surface area (Å²) in [6, 6.07) is 16.7. The van der Waals surface area contributed by atoms with Gasteiger partial charge in [-0.3, -0.25) is 19.4 Å². The van der Waals surface area contributed by atoms with Crippen LogP contribution in [0, 0.1) is 0 Å². The number of carbonyl (C=O) groups is 2. The minimum absolute atomic E-state index is 0.220. The molecule has 0 aliphatic carbocycles. The third-order valence-corrected chi connectivity index (χ3v) is 7.20. The summed E-state index contributed by atoms with van der Waals surface area (Å²) >= 11 is 0. The first-order chi connectivity index (χ1) is 17.4. The Hall–Kier alpha value is -3.48. The molecule has 3 heterocycles. The first-order valence-corrected chi connectivity index (χ1v) is 12.2. The van der Waals surface area contributed by atoms with E-state index in [2.05, 4.69) is 41.1 Å². The Morgan fingerprint density at radius 3 is 2.57 bits per heavy atom. The highest BCUT2D eigenvalue weighted by atomic mass is 16.5. The summed E-state index contributed by atoms with van der Waals surface area (Å²) in [5, 5.41) is 4.49. The van der Waals surface area contributed by atoms with Crippen LogP contribution < -0.4 is 10.2 Å². The topological polar surface area (TPSA) is 61.9 Å². The number of hydrogen-bond acceptors (Lipinski definition) is 4. The van der Waals surface area contributed by atoms with Crippen LogP contribution >= 0.6 is 0 Å². The molecule has 0 bridgehead atoms. The van der Waals surface area contributed by atoms with E-state index in [4.69, 9.17) is 6.11 Å². The van der Waals surface area contributed by atoms with Gasteiger partial charge in [0.15, 0.2) is 0 Å². The van der Waals surface area contributed by atoms with Crippen molar-refractivity contribution in [3.05, 3.63) is 89.1 Å². The lowest BCUT2D eigenvalue weighted by Crippen LogP contribution is -2.51. The van der Waals surface area contributed by atoms with Crippen molar-refractivity contribution >= 4 is 28.3 Å². The SMILES string of the molecule is [2H][C@]1(N2C(=O)c3cccc4c(Cc5ccc(CN6CCOCC6)cc5)ccc2c34)CCC(=C)NC1=O. The maximum Gasteiger partial charge on any atom is 0.259 e. The number of rotatable bonds is 5. The summed E-state index contributed by atoms with van der Waals surface area (Å²) in [6.07, 6.45) is 1.42. The zero-order chi connectivity index (χ0) is 24.9. The second-order valence-electron chi connectivity index (χ2n) is 9.50. The van der Waals surface area contributed by atoms with Crippen LogP contribution in [-0.2, 0) is 22.5 Å². The molecule has 1 N–H and O–H groups in total. The molecule has 3 aliphatic rings. The van der Waals surface area contributed by atoms with E-state index >= 15 is 0 Å². The van der Waals surface area contributed by atoms with Crippen LogP contribution in [0.2, 0.25) is 0 Å². The second kappa shape index (κ2) is 8.95. The van der Waals surface area contributed by atoms with Gasteiger partial charge in [-0.25, -0.2) is 0 Å². The quantitative estimate of drug-likeness (QED) is 0.615. The molecular formula is C29H29N3O3. The molecule has 6 rings (SSSR count). The Morgan fingerprint density at radius 2 is 1.80 bits per heavy atom. The Labute approximate surface area is 206 Å². The van der Waals surface area contributed by atoms with Gasteiger partial charge >= 0.3 is 0 Å². The van der Waals surface area contributed by atoms with Crippen LogP contribution in [0.1, 0.15) is 41.3 Å². The molecular weight excluding hydrogens is 438 g/mol. The molecule has 2 amide bonds. The minimum atomic E-state index is -1.69. The fourth-order valence-electron chi connectivity index (χ4n) is 5.36. The van der Waals surface area contributed by atoms with Crippen LogP contribution in [0.15, 0.2) is 66.9 Å². The number of carbonyl (C=O) groups excluding carboxylic acids is 2. The number of anilines is 1. The van der Waals surface area contributed by atoms with Crippen molar-refractivity contribution in [3.63, 3.8) is 0 Å². The predicted molar refractivity (Wildman–Crippen MR) is 136 cm³/mol. The van der Waals surface area contributed by atoms with E-state index in [1.165, 1.54) is 16.0 Å². The molecule has 6 heteroatoms. The van der Waals surface area contributed by atoms with Gasteiger partial charge in [0, 0.05) is 36.3 Å². The monoisotopic (exact) mass is 468 g/mol. The van der Waals surface area contributed by atoms with Gasteiger partial charge in [0.2, 0.25) is 5.91 Å². The summed E-state index contributed by atoms with van der Waals surface area (Å²) in [7, 11) is 0. The van der Waals surface area contributed by atoms with Crippen molar-refractivity contribution in [1.29, 1.82) is 0 Å². The van der Waals surface area contributed by atoms with Crippen molar-refractivity contribution in [3.8, 4) is 0 Å². The fourth-order valence-corrected chi connectivity index (χ4v) is 5.36. The predicted octanol–water partition coefficient (Wildman–Crippen LogP) is 4.02. The summed E-state index contributed by atoms with van der Waals surface area (Å²) < 4.78 is 14.4. The highest BCUT2D eigenvalue weighted by molar-refractivity contribution is 6.27. The molecule has 3 aliphatic heterocycles. The number of amides is 2. The average Bonchev–Trinajstić information content (AvgIpc) is 3.18. The molecule has 0 spiro atoms. The molecule has 2 saturated heterocycles. The third kappa shape index (κ3) is 4.03. The van der Waals surface area contributed by atoms with E-state index in [0.29, 0.717) is 23.4 Å². The molecule has 0 unspecified atom stereocenters. The second-order valence-corrected chi connectivity index (χ2v) is 9.50. The lowest BCUT2D eigenvalue weighted by Gasteiger charge is -2.31. The van der Waals surface area contributed by atoms with E-state index in [9.17, 15) is 9.59 Å². The normalized spacial score (nSPS) is 23.0. The van der Waals surface area contributed by atoms with E-state index in [1.54, 1.807) is 6.07 Å². The molecule has 35 heavy (non-hydrogen) atoms. The smallest absolute Gasteiger partial charge is 0.259 e.